The summed E-state index contributed by atoms with van der Waals surface area (Å²) in [5.41, 5.74) is 0.0480. The number of carbonyl (C=O) groups is 1. The van der Waals surface area contributed by atoms with Gasteiger partial charge in [-0.1, -0.05) is 123 Å². The highest BCUT2D eigenvalue weighted by atomic mass is 32.2. The Labute approximate surface area is 221 Å². The first-order valence-electron chi connectivity index (χ1n) is 14.1. The first kappa shape index (κ1) is 32.4. The first-order chi connectivity index (χ1) is 17.1. The highest BCUT2D eigenvalue weighted by Gasteiger charge is 2.31. The van der Waals surface area contributed by atoms with Crippen LogP contribution in [0.25, 0.3) is 0 Å². The summed E-state index contributed by atoms with van der Waals surface area (Å²) in [6.45, 7) is 11.0. The van der Waals surface area contributed by atoms with Crippen LogP contribution in [0.3, 0.4) is 0 Å². The number of amides is 1. The fourth-order valence-electron chi connectivity index (χ4n) is 4.73. The normalized spacial score (nSPS) is 13.8. The molecule has 1 amide bonds. The Bertz CT molecular complexity index is 810. The van der Waals surface area contributed by atoms with Crippen LogP contribution >= 0.6 is 0 Å². The fourth-order valence-corrected chi connectivity index (χ4v) is 5.75. The number of unbranched alkanes of at least 4 members (excludes halogenated alkanes) is 7. The van der Waals surface area contributed by atoms with E-state index in [9.17, 15) is 18.3 Å². The summed E-state index contributed by atoms with van der Waals surface area (Å²) >= 11 is 0. The smallest absolute Gasteiger partial charge is 0.427 e. The molecular weight excluding hydrogens is 474 g/mol. The van der Waals surface area contributed by atoms with Crippen molar-refractivity contribution in [1.29, 1.82) is 0 Å². The summed E-state index contributed by atoms with van der Waals surface area (Å²) in [7, 11) is -4.45. The van der Waals surface area contributed by atoms with Crippen molar-refractivity contribution >= 4 is 22.1 Å². The quantitative estimate of drug-likeness (QED) is 0.172. The number of rotatable bonds is 20. The Balaban J connectivity index is 2.53. The second kappa shape index (κ2) is 17.8. The molecule has 2 atom stereocenters. The van der Waals surface area contributed by atoms with E-state index in [0.29, 0.717) is 16.1 Å². The van der Waals surface area contributed by atoms with E-state index in [-0.39, 0.29) is 24.1 Å². The third-order valence-electron chi connectivity index (χ3n) is 7.28. The molecule has 0 aliphatic heterocycles. The van der Waals surface area contributed by atoms with Gasteiger partial charge in [0.25, 0.3) is 0 Å². The van der Waals surface area contributed by atoms with Crippen LogP contribution < -0.4 is 4.31 Å². The van der Waals surface area contributed by atoms with E-state index in [1.807, 2.05) is 0 Å². The largest absolute Gasteiger partial charge is 0.464 e. The van der Waals surface area contributed by atoms with Crippen molar-refractivity contribution in [3.63, 3.8) is 0 Å². The standard InChI is InChI=1S/C29H51NO5S/c1-6-7-8-9-10-11-12-14-18-26(24(2)3)19-17-20-27(25(4)5)23-35-36(33,34)30(29(31)32)28-21-15-13-16-22-28/h13,15-16,21-22,24-27H,6-12,14,17-20,23H2,1-5H3,(H,31,32). The van der Waals surface area contributed by atoms with Crippen LogP contribution in [0.2, 0.25) is 0 Å². The van der Waals surface area contributed by atoms with Crippen LogP contribution in [0.15, 0.2) is 30.3 Å². The Morgan fingerprint density at radius 1 is 0.806 bits per heavy atom. The molecule has 1 aromatic rings. The molecule has 36 heavy (non-hydrogen) atoms. The lowest BCUT2D eigenvalue weighted by atomic mass is 9.83. The average molecular weight is 526 g/mol. The van der Waals surface area contributed by atoms with Crippen molar-refractivity contribution in [2.75, 3.05) is 10.9 Å². The number of carboxylic acid groups (broad SMARTS) is 1. The molecule has 0 aliphatic rings. The molecule has 0 radical (unpaired) electrons. The van der Waals surface area contributed by atoms with Crippen molar-refractivity contribution in [2.45, 2.75) is 112 Å². The molecule has 1 aromatic carbocycles. The molecule has 0 saturated carbocycles. The van der Waals surface area contributed by atoms with Gasteiger partial charge in [-0.2, -0.15) is 8.42 Å². The fraction of sp³-hybridized carbons (Fsp3) is 0.759. The predicted octanol–water partition coefficient (Wildman–Crippen LogP) is 8.68. The van der Waals surface area contributed by atoms with Gasteiger partial charge in [0.1, 0.15) is 0 Å². The van der Waals surface area contributed by atoms with Crippen LogP contribution in [-0.4, -0.2) is 26.2 Å². The predicted molar refractivity (Wildman–Crippen MR) is 150 cm³/mol. The van der Waals surface area contributed by atoms with Gasteiger partial charge in [0.15, 0.2) is 0 Å². The third-order valence-corrected chi connectivity index (χ3v) is 8.53. The lowest BCUT2D eigenvalue weighted by Crippen LogP contribution is -2.38. The van der Waals surface area contributed by atoms with Crippen molar-refractivity contribution < 1.29 is 22.5 Å². The van der Waals surface area contributed by atoms with Crippen LogP contribution in [-0.2, 0) is 14.5 Å². The minimum Gasteiger partial charge on any atom is -0.464 e. The molecule has 0 aromatic heterocycles. The molecule has 1 N–H and O–H groups in total. The summed E-state index contributed by atoms with van der Waals surface area (Å²) in [5.74, 6) is 1.60. The molecule has 7 heteroatoms. The van der Waals surface area contributed by atoms with E-state index in [1.165, 1.54) is 69.9 Å². The highest BCUT2D eigenvalue weighted by molar-refractivity contribution is 7.89. The molecule has 0 aliphatic carbocycles. The molecule has 0 saturated heterocycles. The molecule has 0 heterocycles. The molecule has 0 spiro atoms. The number of hydrogen-bond acceptors (Lipinski definition) is 4. The van der Waals surface area contributed by atoms with Gasteiger partial charge in [0, 0.05) is 0 Å². The lowest BCUT2D eigenvalue weighted by molar-refractivity contribution is 0.189. The van der Waals surface area contributed by atoms with Gasteiger partial charge in [-0.3, -0.25) is 4.18 Å². The zero-order valence-corrected chi connectivity index (χ0v) is 24.1. The van der Waals surface area contributed by atoms with Gasteiger partial charge in [-0.15, -0.1) is 4.31 Å². The third kappa shape index (κ3) is 12.6. The number of anilines is 1. The van der Waals surface area contributed by atoms with Gasteiger partial charge < -0.3 is 5.11 Å². The average Bonchev–Trinajstić information content (AvgIpc) is 2.81. The highest BCUT2D eigenvalue weighted by Crippen LogP contribution is 2.28. The maximum atomic E-state index is 12.7. The van der Waals surface area contributed by atoms with E-state index >= 15 is 0 Å². The maximum absolute atomic E-state index is 12.7. The van der Waals surface area contributed by atoms with Crippen molar-refractivity contribution in [3.05, 3.63) is 30.3 Å². The summed E-state index contributed by atoms with van der Waals surface area (Å²) in [5, 5.41) is 9.51. The van der Waals surface area contributed by atoms with Crippen molar-refractivity contribution in [3.8, 4) is 0 Å². The monoisotopic (exact) mass is 525 g/mol. The van der Waals surface area contributed by atoms with Gasteiger partial charge in [0.2, 0.25) is 0 Å². The summed E-state index contributed by atoms with van der Waals surface area (Å²) < 4.78 is 31.1. The van der Waals surface area contributed by atoms with E-state index in [0.717, 1.165) is 19.3 Å². The van der Waals surface area contributed by atoms with E-state index < -0.39 is 16.4 Å². The molecule has 208 valence electrons. The molecule has 6 nitrogen and oxygen atoms in total. The lowest BCUT2D eigenvalue weighted by Gasteiger charge is -2.25. The Morgan fingerprint density at radius 3 is 1.83 bits per heavy atom. The van der Waals surface area contributed by atoms with Gasteiger partial charge in [-0.25, -0.2) is 4.79 Å². The summed E-state index contributed by atoms with van der Waals surface area (Å²) in [6, 6.07) is 7.76. The van der Waals surface area contributed by atoms with Crippen LogP contribution in [0.5, 0.6) is 0 Å². The second-order valence-corrected chi connectivity index (χ2v) is 12.3. The van der Waals surface area contributed by atoms with Crippen LogP contribution in [0.1, 0.15) is 112 Å². The number of benzene rings is 1. The van der Waals surface area contributed by atoms with E-state index in [1.54, 1.807) is 18.2 Å². The Kier molecular flexibility index (Phi) is 16.0. The molecule has 1 rings (SSSR count). The SMILES string of the molecule is CCCCCCCCCCC(CCCC(COS(=O)(=O)N(C(=O)O)c1ccccc1)C(C)C)C(C)C. The number of nitrogens with zero attached hydrogens (tertiary/aromatic N) is 1. The summed E-state index contributed by atoms with van der Waals surface area (Å²) in [4.78, 5) is 11.7. The Hall–Kier alpha value is -1.60. The second-order valence-electron chi connectivity index (χ2n) is 10.8. The van der Waals surface area contributed by atoms with Crippen LogP contribution in [0, 0.1) is 23.7 Å². The van der Waals surface area contributed by atoms with Crippen LogP contribution in [0.4, 0.5) is 10.5 Å². The Morgan fingerprint density at radius 2 is 1.31 bits per heavy atom. The topological polar surface area (TPSA) is 83.9 Å². The molecule has 2 unspecified atom stereocenters. The van der Waals surface area contributed by atoms with Crippen molar-refractivity contribution in [1.82, 2.24) is 0 Å². The zero-order chi connectivity index (χ0) is 27.0. The number of para-hydroxylation sites is 1. The van der Waals surface area contributed by atoms with E-state index in [2.05, 4.69) is 34.6 Å². The van der Waals surface area contributed by atoms with Crippen molar-refractivity contribution in [2.24, 2.45) is 23.7 Å². The van der Waals surface area contributed by atoms with Gasteiger partial charge in [-0.05, 0) is 42.2 Å². The zero-order valence-electron chi connectivity index (χ0n) is 23.3. The van der Waals surface area contributed by atoms with E-state index in [4.69, 9.17) is 4.18 Å². The minimum atomic E-state index is -4.45. The molecular formula is C29H51NO5S. The van der Waals surface area contributed by atoms with Gasteiger partial charge in [0.05, 0.1) is 12.3 Å². The molecule has 0 fully saturated rings. The van der Waals surface area contributed by atoms with Gasteiger partial charge >= 0.3 is 16.4 Å². The summed E-state index contributed by atoms with van der Waals surface area (Å²) in [6.07, 6.45) is 13.4. The number of hydrogen-bond donors (Lipinski definition) is 1. The maximum Gasteiger partial charge on any atom is 0.427 e. The minimum absolute atomic E-state index is 0.0129. The first-order valence-corrected chi connectivity index (χ1v) is 15.4. The molecule has 0 bridgehead atoms.